The van der Waals surface area contributed by atoms with Crippen LogP contribution in [0.15, 0.2) is 11.8 Å². The standard InChI is InChI=1S/C12H22N2O2/c1-4-13-7-9(2)12(15)14-11-5-10(6-11)8-16-3/h7,10-11,13H,4-6,8H2,1-3H3,(H,14,15)/b9-7-. The van der Waals surface area contributed by atoms with Crippen molar-refractivity contribution in [3.05, 3.63) is 11.8 Å². The Balaban J connectivity index is 2.21. The number of carbonyl (C=O) groups excluding carboxylic acids is 1. The van der Waals surface area contributed by atoms with Gasteiger partial charge in [-0.25, -0.2) is 0 Å². The summed E-state index contributed by atoms with van der Waals surface area (Å²) in [6, 6.07) is 0.331. The largest absolute Gasteiger partial charge is 0.391 e. The Morgan fingerprint density at radius 3 is 2.75 bits per heavy atom. The summed E-state index contributed by atoms with van der Waals surface area (Å²) in [5, 5.41) is 6.04. The third kappa shape index (κ3) is 3.85. The van der Waals surface area contributed by atoms with Gasteiger partial charge in [0.15, 0.2) is 0 Å². The molecule has 0 bridgehead atoms. The number of methoxy groups -OCH3 is 1. The normalized spacial score (nSPS) is 24.8. The fourth-order valence-corrected chi connectivity index (χ4v) is 1.85. The fourth-order valence-electron chi connectivity index (χ4n) is 1.85. The molecule has 0 spiro atoms. The zero-order valence-corrected chi connectivity index (χ0v) is 10.4. The molecule has 1 fully saturated rings. The van der Waals surface area contributed by atoms with Crippen LogP contribution in [0.25, 0.3) is 0 Å². The van der Waals surface area contributed by atoms with Crippen molar-refractivity contribution in [1.29, 1.82) is 0 Å². The first-order valence-corrected chi connectivity index (χ1v) is 5.87. The Morgan fingerprint density at radius 1 is 1.50 bits per heavy atom. The molecule has 1 aliphatic rings. The molecule has 0 heterocycles. The monoisotopic (exact) mass is 226 g/mol. The molecule has 1 saturated carbocycles. The minimum atomic E-state index is 0.0295. The van der Waals surface area contributed by atoms with Crippen LogP contribution in [0.2, 0.25) is 0 Å². The van der Waals surface area contributed by atoms with Gasteiger partial charge in [-0.1, -0.05) is 0 Å². The molecule has 4 heteroatoms. The zero-order valence-electron chi connectivity index (χ0n) is 10.4. The molecule has 0 atom stereocenters. The van der Waals surface area contributed by atoms with E-state index in [9.17, 15) is 4.79 Å². The smallest absolute Gasteiger partial charge is 0.248 e. The van der Waals surface area contributed by atoms with Gasteiger partial charge in [0.25, 0.3) is 0 Å². The lowest BCUT2D eigenvalue weighted by Gasteiger charge is -2.35. The lowest BCUT2D eigenvalue weighted by Crippen LogP contribution is -2.45. The van der Waals surface area contributed by atoms with Crippen molar-refractivity contribution in [2.24, 2.45) is 5.92 Å². The summed E-state index contributed by atoms with van der Waals surface area (Å²) in [7, 11) is 1.72. The minimum absolute atomic E-state index is 0.0295. The van der Waals surface area contributed by atoms with E-state index in [4.69, 9.17) is 4.74 Å². The molecule has 0 aromatic carbocycles. The number of nitrogens with one attached hydrogen (secondary N) is 2. The highest BCUT2D eigenvalue weighted by atomic mass is 16.5. The molecule has 0 radical (unpaired) electrons. The Hall–Kier alpha value is -1.03. The van der Waals surface area contributed by atoms with Crippen molar-refractivity contribution in [1.82, 2.24) is 10.6 Å². The molecular formula is C12H22N2O2. The van der Waals surface area contributed by atoms with Crippen LogP contribution in [0.3, 0.4) is 0 Å². The van der Waals surface area contributed by atoms with Crippen molar-refractivity contribution in [2.75, 3.05) is 20.3 Å². The molecule has 0 saturated heterocycles. The van der Waals surface area contributed by atoms with E-state index in [2.05, 4.69) is 10.6 Å². The Morgan fingerprint density at radius 2 is 2.19 bits per heavy atom. The maximum Gasteiger partial charge on any atom is 0.248 e. The summed E-state index contributed by atoms with van der Waals surface area (Å²) in [5.41, 5.74) is 0.733. The lowest BCUT2D eigenvalue weighted by molar-refractivity contribution is -0.119. The second-order valence-electron chi connectivity index (χ2n) is 4.35. The van der Waals surface area contributed by atoms with Crippen LogP contribution >= 0.6 is 0 Å². The van der Waals surface area contributed by atoms with E-state index in [0.29, 0.717) is 12.0 Å². The van der Waals surface area contributed by atoms with E-state index in [-0.39, 0.29) is 5.91 Å². The van der Waals surface area contributed by atoms with E-state index in [0.717, 1.165) is 31.6 Å². The Labute approximate surface area is 97.4 Å². The molecule has 2 N–H and O–H groups in total. The van der Waals surface area contributed by atoms with Gasteiger partial charge in [-0.2, -0.15) is 0 Å². The molecule has 0 aliphatic heterocycles. The van der Waals surface area contributed by atoms with Crippen LogP contribution in [0.4, 0.5) is 0 Å². The fraction of sp³-hybridized carbons (Fsp3) is 0.750. The summed E-state index contributed by atoms with van der Waals surface area (Å²) in [6.07, 6.45) is 3.84. The first kappa shape index (κ1) is 13.0. The molecule has 92 valence electrons. The van der Waals surface area contributed by atoms with E-state index in [1.54, 1.807) is 13.3 Å². The highest BCUT2D eigenvalue weighted by molar-refractivity contribution is 5.92. The second kappa shape index (κ2) is 6.53. The summed E-state index contributed by atoms with van der Waals surface area (Å²) in [6.45, 7) is 5.47. The molecular weight excluding hydrogens is 204 g/mol. The van der Waals surface area contributed by atoms with Crippen LogP contribution in [-0.2, 0) is 9.53 Å². The number of hydrogen-bond acceptors (Lipinski definition) is 3. The van der Waals surface area contributed by atoms with Gasteiger partial charge >= 0.3 is 0 Å². The van der Waals surface area contributed by atoms with Crippen LogP contribution < -0.4 is 10.6 Å². The van der Waals surface area contributed by atoms with Crippen molar-refractivity contribution < 1.29 is 9.53 Å². The second-order valence-corrected chi connectivity index (χ2v) is 4.35. The number of rotatable bonds is 6. The van der Waals surface area contributed by atoms with Crippen molar-refractivity contribution in [3.8, 4) is 0 Å². The van der Waals surface area contributed by atoms with Gasteiger partial charge in [0, 0.05) is 38.1 Å². The first-order chi connectivity index (χ1) is 7.67. The van der Waals surface area contributed by atoms with Gasteiger partial charge in [0.05, 0.1) is 0 Å². The van der Waals surface area contributed by atoms with Crippen LogP contribution in [0, 0.1) is 5.92 Å². The highest BCUT2D eigenvalue weighted by Crippen LogP contribution is 2.27. The summed E-state index contributed by atoms with van der Waals surface area (Å²) < 4.78 is 5.07. The average Bonchev–Trinajstić information content (AvgIpc) is 2.22. The Kier molecular flexibility index (Phi) is 5.32. The third-order valence-electron chi connectivity index (χ3n) is 2.85. The molecule has 0 aromatic rings. The summed E-state index contributed by atoms with van der Waals surface area (Å²) in [4.78, 5) is 11.7. The molecule has 4 nitrogen and oxygen atoms in total. The summed E-state index contributed by atoms with van der Waals surface area (Å²) in [5.74, 6) is 0.648. The molecule has 16 heavy (non-hydrogen) atoms. The maximum absolute atomic E-state index is 11.7. The molecule has 0 aromatic heterocycles. The van der Waals surface area contributed by atoms with Gasteiger partial charge in [0.2, 0.25) is 5.91 Å². The average molecular weight is 226 g/mol. The van der Waals surface area contributed by atoms with Crippen LogP contribution in [0.1, 0.15) is 26.7 Å². The number of ether oxygens (including phenoxy) is 1. The Bertz CT molecular complexity index is 258. The predicted octanol–water partition coefficient (Wildman–Crippen LogP) is 1.04. The van der Waals surface area contributed by atoms with E-state index < -0.39 is 0 Å². The van der Waals surface area contributed by atoms with Gasteiger partial charge in [-0.05, 0) is 32.6 Å². The van der Waals surface area contributed by atoms with Crippen molar-refractivity contribution in [3.63, 3.8) is 0 Å². The summed E-state index contributed by atoms with van der Waals surface area (Å²) >= 11 is 0. The lowest BCUT2D eigenvalue weighted by atomic mass is 9.81. The van der Waals surface area contributed by atoms with Crippen LogP contribution in [-0.4, -0.2) is 32.2 Å². The predicted molar refractivity (Wildman–Crippen MR) is 64.0 cm³/mol. The SMILES string of the molecule is CCN/C=C(/C)C(=O)NC1CC(COC)C1. The third-order valence-corrected chi connectivity index (χ3v) is 2.85. The number of hydrogen-bond donors (Lipinski definition) is 2. The number of amides is 1. The van der Waals surface area contributed by atoms with E-state index >= 15 is 0 Å². The van der Waals surface area contributed by atoms with Gasteiger partial charge in [-0.3, -0.25) is 4.79 Å². The minimum Gasteiger partial charge on any atom is -0.391 e. The molecule has 1 aliphatic carbocycles. The number of carbonyl (C=O) groups is 1. The van der Waals surface area contributed by atoms with E-state index in [1.165, 1.54) is 0 Å². The van der Waals surface area contributed by atoms with E-state index in [1.807, 2.05) is 13.8 Å². The maximum atomic E-state index is 11.7. The van der Waals surface area contributed by atoms with Gasteiger partial charge in [0.1, 0.15) is 0 Å². The zero-order chi connectivity index (χ0) is 12.0. The topological polar surface area (TPSA) is 50.4 Å². The molecule has 1 amide bonds. The quantitative estimate of drug-likeness (QED) is 0.665. The van der Waals surface area contributed by atoms with Crippen molar-refractivity contribution >= 4 is 5.91 Å². The highest BCUT2D eigenvalue weighted by Gasteiger charge is 2.30. The van der Waals surface area contributed by atoms with Crippen LogP contribution in [0.5, 0.6) is 0 Å². The molecule has 0 unspecified atom stereocenters. The van der Waals surface area contributed by atoms with Gasteiger partial charge in [-0.15, -0.1) is 0 Å². The van der Waals surface area contributed by atoms with Crippen molar-refractivity contribution in [2.45, 2.75) is 32.7 Å². The first-order valence-electron chi connectivity index (χ1n) is 5.87. The van der Waals surface area contributed by atoms with Gasteiger partial charge < -0.3 is 15.4 Å². The molecule has 1 rings (SSSR count).